The van der Waals surface area contributed by atoms with Crippen LogP contribution in [0.1, 0.15) is 21.6 Å². The number of fused-ring (bicyclic) bond motifs is 1. The largest absolute Gasteiger partial charge is 0.417 e. The first-order valence-electron chi connectivity index (χ1n) is 9.12. The number of hydrogen-bond donors (Lipinski definition) is 0. The summed E-state index contributed by atoms with van der Waals surface area (Å²) in [5.74, 6) is -1.26. The minimum atomic E-state index is -4.51. The molecule has 0 unspecified atom stereocenters. The zero-order chi connectivity index (χ0) is 22.0. The number of pyridine rings is 3. The van der Waals surface area contributed by atoms with Gasteiger partial charge in [-0.25, -0.2) is 4.98 Å². The summed E-state index contributed by atoms with van der Waals surface area (Å²) in [6, 6.07) is 13.3. The summed E-state index contributed by atoms with van der Waals surface area (Å²) < 4.78 is 51.8. The van der Waals surface area contributed by atoms with Crippen molar-refractivity contribution in [1.29, 1.82) is 0 Å². The van der Waals surface area contributed by atoms with Gasteiger partial charge in [0.15, 0.2) is 0 Å². The van der Waals surface area contributed by atoms with Crippen molar-refractivity contribution in [3.05, 3.63) is 96.0 Å². The second-order valence-corrected chi connectivity index (χ2v) is 6.65. The third kappa shape index (κ3) is 4.35. The second kappa shape index (κ2) is 8.10. The Hall–Kier alpha value is -3.88. The highest BCUT2D eigenvalue weighted by Gasteiger charge is 2.31. The van der Waals surface area contributed by atoms with Gasteiger partial charge in [0.25, 0.3) is 5.91 Å². The maximum atomic E-state index is 13.3. The van der Waals surface area contributed by atoms with Crippen LogP contribution in [0.5, 0.6) is 0 Å². The number of halogens is 4. The van der Waals surface area contributed by atoms with Crippen LogP contribution in [0.25, 0.3) is 10.9 Å². The molecule has 4 aromatic rings. The summed E-state index contributed by atoms with van der Waals surface area (Å²) in [7, 11) is 0. The van der Waals surface area contributed by atoms with Gasteiger partial charge in [-0.05, 0) is 36.4 Å². The molecule has 0 aliphatic heterocycles. The second-order valence-electron chi connectivity index (χ2n) is 6.65. The van der Waals surface area contributed by atoms with E-state index in [2.05, 4.69) is 15.0 Å². The fraction of sp³-hybridized carbons (Fsp3) is 0.0909. The lowest BCUT2D eigenvalue weighted by molar-refractivity contribution is -0.137. The fourth-order valence-corrected chi connectivity index (χ4v) is 3.08. The molecule has 4 rings (SSSR count). The maximum Gasteiger partial charge on any atom is 0.417 e. The zero-order valence-electron chi connectivity index (χ0n) is 15.8. The molecule has 0 aliphatic rings. The average molecular weight is 426 g/mol. The topological polar surface area (TPSA) is 59.0 Å². The predicted octanol–water partition coefficient (Wildman–Crippen LogP) is 5.03. The van der Waals surface area contributed by atoms with E-state index in [0.29, 0.717) is 11.2 Å². The Bertz CT molecular complexity index is 1220. The molecule has 0 aliphatic carbocycles. The number of hydrogen-bond acceptors (Lipinski definition) is 4. The van der Waals surface area contributed by atoms with Gasteiger partial charge in [-0.15, -0.1) is 0 Å². The van der Waals surface area contributed by atoms with Crippen LogP contribution in [0.3, 0.4) is 0 Å². The van der Waals surface area contributed by atoms with E-state index in [4.69, 9.17) is 0 Å². The molecule has 0 atom stereocenters. The molecule has 156 valence electrons. The summed E-state index contributed by atoms with van der Waals surface area (Å²) in [4.78, 5) is 26.3. The Morgan fingerprint density at radius 1 is 0.903 bits per heavy atom. The van der Waals surface area contributed by atoms with Crippen molar-refractivity contribution in [1.82, 2.24) is 15.0 Å². The number of carbonyl (C=O) groups is 1. The number of benzene rings is 1. The van der Waals surface area contributed by atoms with Crippen LogP contribution in [0.15, 0.2) is 73.2 Å². The highest BCUT2D eigenvalue weighted by atomic mass is 19.4. The quantitative estimate of drug-likeness (QED) is 0.339. The van der Waals surface area contributed by atoms with Gasteiger partial charge in [-0.3, -0.25) is 14.8 Å². The van der Waals surface area contributed by atoms with Gasteiger partial charge in [0.05, 0.1) is 34.6 Å². The molecule has 1 amide bonds. The van der Waals surface area contributed by atoms with Gasteiger partial charge >= 0.3 is 6.18 Å². The monoisotopic (exact) mass is 426 g/mol. The van der Waals surface area contributed by atoms with Gasteiger partial charge in [0.2, 0.25) is 5.95 Å². The third-order valence-electron chi connectivity index (χ3n) is 4.59. The van der Waals surface area contributed by atoms with Gasteiger partial charge in [0.1, 0.15) is 0 Å². The van der Waals surface area contributed by atoms with Crippen molar-refractivity contribution in [2.45, 2.75) is 12.7 Å². The highest BCUT2D eigenvalue weighted by Crippen LogP contribution is 2.30. The van der Waals surface area contributed by atoms with E-state index in [1.54, 1.807) is 24.4 Å². The van der Waals surface area contributed by atoms with Crippen LogP contribution < -0.4 is 4.90 Å². The summed E-state index contributed by atoms with van der Waals surface area (Å²) in [6.07, 6.45) is -1.12. The van der Waals surface area contributed by atoms with E-state index >= 15 is 0 Å². The van der Waals surface area contributed by atoms with E-state index in [1.807, 2.05) is 12.1 Å². The minimum Gasteiger partial charge on any atom is -0.300 e. The van der Waals surface area contributed by atoms with E-state index in [1.165, 1.54) is 17.0 Å². The Morgan fingerprint density at radius 2 is 1.71 bits per heavy atom. The lowest BCUT2D eigenvalue weighted by atomic mass is 10.1. The molecule has 0 radical (unpaired) electrons. The molecule has 3 heterocycles. The van der Waals surface area contributed by atoms with Crippen LogP contribution in [-0.4, -0.2) is 20.9 Å². The zero-order valence-corrected chi connectivity index (χ0v) is 15.8. The number of para-hydroxylation sites is 1. The first-order valence-corrected chi connectivity index (χ1v) is 9.12. The normalized spacial score (nSPS) is 11.5. The molecule has 0 N–H and O–H groups in total. The standard InChI is InChI=1S/C22H14F4N4O/c23-19-9-6-15(11-29-19)21(31)30(13-17-8-7-16(12-28-17)22(24,25)26)18-5-1-3-14-4-2-10-27-20(14)18/h1-12H,13H2. The van der Waals surface area contributed by atoms with Crippen LogP contribution in [-0.2, 0) is 12.7 Å². The smallest absolute Gasteiger partial charge is 0.300 e. The first kappa shape index (κ1) is 20.4. The number of rotatable bonds is 4. The molecule has 0 spiro atoms. The summed E-state index contributed by atoms with van der Waals surface area (Å²) in [5, 5.41) is 0.774. The lowest BCUT2D eigenvalue weighted by Gasteiger charge is -2.24. The Morgan fingerprint density at radius 3 is 2.39 bits per heavy atom. The summed E-state index contributed by atoms with van der Waals surface area (Å²) in [5.41, 5.74) is 0.434. The number of carbonyl (C=O) groups excluding carboxylic acids is 1. The van der Waals surface area contributed by atoms with Gasteiger partial charge in [-0.1, -0.05) is 18.2 Å². The minimum absolute atomic E-state index is 0.112. The van der Waals surface area contributed by atoms with Crippen molar-refractivity contribution in [2.75, 3.05) is 4.90 Å². The van der Waals surface area contributed by atoms with E-state index in [-0.39, 0.29) is 17.8 Å². The molecular weight excluding hydrogens is 412 g/mol. The van der Waals surface area contributed by atoms with Gasteiger partial charge < -0.3 is 4.90 Å². The SMILES string of the molecule is O=C(c1ccc(F)nc1)N(Cc1ccc(C(F)(F)F)cn1)c1cccc2cccnc12. The predicted molar refractivity (Wildman–Crippen MR) is 106 cm³/mol. The number of amides is 1. The van der Waals surface area contributed by atoms with Crippen LogP contribution >= 0.6 is 0 Å². The Balaban J connectivity index is 1.77. The van der Waals surface area contributed by atoms with Crippen molar-refractivity contribution in [3.63, 3.8) is 0 Å². The molecular formula is C22H14F4N4O. The number of aromatic nitrogens is 3. The lowest BCUT2D eigenvalue weighted by Crippen LogP contribution is -2.31. The van der Waals surface area contributed by atoms with Crippen molar-refractivity contribution < 1.29 is 22.4 Å². The third-order valence-corrected chi connectivity index (χ3v) is 4.59. The van der Waals surface area contributed by atoms with Gasteiger partial charge in [-0.2, -0.15) is 17.6 Å². The fourth-order valence-electron chi connectivity index (χ4n) is 3.08. The molecule has 3 aromatic heterocycles. The average Bonchev–Trinajstić information content (AvgIpc) is 2.77. The summed E-state index contributed by atoms with van der Waals surface area (Å²) in [6.45, 7) is -0.121. The van der Waals surface area contributed by atoms with E-state index in [0.717, 1.165) is 29.9 Å². The van der Waals surface area contributed by atoms with E-state index in [9.17, 15) is 22.4 Å². The molecule has 5 nitrogen and oxygen atoms in total. The number of alkyl halides is 3. The van der Waals surface area contributed by atoms with Crippen molar-refractivity contribution in [3.8, 4) is 0 Å². The Labute approximate surface area is 174 Å². The first-order chi connectivity index (χ1) is 14.8. The Kier molecular flexibility index (Phi) is 5.33. The molecule has 0 saturated heterocycles. The molecule has 9 heteroatoms. The molecule has 31 heavy (non-hydrogen) atoms. The molecule has 1 aromatic carbocycles. The number of anilines is 1. The van der Waals surface area contributed by atoms with Crippen molar-refractivity contribution >= 4 is 22.5 Å². The van der Waals surface area contributed by atoms with Crippen molar-refractivity contribution in [2.24, 2.45) is 0 Å². The maximum absolute atomic E-state index is 13.3. The van der Waals surface area contributed by atoms with Crippen LogP contribution in [0, 0.1) is 5.95 Å². The van der Waals surface area contributed by atoms with Crippen LogP contribution in [0.2, 0.25) is 0 Å². The van der Waals surface area contributed by atoms with E-state index < -0.39 is 23.6 Å². The van der Waals surface area contributed by atoms with Gasteiger partial charge in [0, 0.05) is 24.0 Å². The molecule has 0 fully saturated rings. The number of nitrogens with zero attached hydrogens (tertiary/aromatic N) is 4. The van der Waals surface area contributed by atoms with Crippen LogP contribution in [0.4, 0.5) is 23.2 Å². The molecule has 0 saturated carbocycles. The highest BCUT2D eigenvalue weighted by molar-refractivity contribution is 6.09. The molecule has 0 bridgehead atoms. The summed E-state index contributed by atoms with van der Waals surface area (Å²) >= 11 is 0.